The molecular weight excluding hydrogens is 400 g/mol. The number of Topliss-reactive ketones (excluding diaryl/α,β-unsaturated/α-hetero) is 1. The molecule has 4 nitrogen and oxygen atoms in total. The van der Waals surface area contributed by atoms with Crippen molar-refractivity contribution in [1.29, 1.82) is 0 Å². The van der Waals surface area contributed by atoms with Crippen molar-refractivity contribution in [2.24, 2.45) is 0 Å². The minimum atomic E-state index is -0.440. The highest BCUT2D eigenvalue weighted by molar-refractivity contribution is 6.03. The molecule has 4 heteroatoms. The predicted molar refractivity (Wildman–Crippen MR) is 124 cm³/mol. The number of methoxy groups -OCH3 is 1. The van der Waals surface area contributed by atoms with E-state index in [1.807, 2.05) is 84.9 Å². The lowest BCUT2D eigenvalue weighted by atomic mass is 9.94. The molecule has 4 aromatic carbocycles. The highest BCUT2D eigenvalue weighted by Gasteiger charge is 2.18. The van der Waals surface area contributed by atoms with Gasteiger partial charge in [-0.15, -0.1) is 0 Å². The summed E-state index contributed by atoms with van der Waals surface area (Å²) >= 11 is 0. The molecule has 0 aliphatic rings. The first-order chi connectivity index (χ1) is 15.7. The van der Waals surface area contributed by atoms with Crippen molar-refractivity contribution < 1.29 is 19.1 Å². The molecule has 0 bridgehead atoms. The lowest BCUT2D eigenvalue weighted by Gasteiger charge is -2.13. The Kier molecular flexibility index (Phi) is 6.42. The van der Waals surface area contributed by atoms with Gasteiger partial charge in [-0.05, 0) is 41.5 Å². The van der Waals surface area contributed by atoms with Gasteiger partial charge in [0, 0.05) is 17.5 Å². The van der Waals surface area contributed by atoms with E-state index in [-0.39, 0.29) is 12.2 Å². The van der Waals surface area contributed by atoms with E-state index in [4.69, 9.17) is 9.47 Å². The van der Waals surface area contributed by atoms with E-state index >= 15 is 0 Å². The van der Waals surface area contributed by atoms with E-state index in [1.54, 1.807) is 18.2 Å². The molecular formula is C28H22O4. The van der Waals surface area contributed by atoms with Crippen LogP contribution in [0.1, 0.15) is 26.3 Å². The molecule has 0 amide bonds. The van der Waals surface area contributed by atoms with Gasteiger partial charge in [0.2, 0.25) is 0 Å². The van der Waals surface area contributed by atoms with E-state index < -0.39 is 5.97 Å². The van der Waals surface area contributed by atoms with Gasteiger partial charge < -0.3 is 9.47 Å². The molecule has 158 valence electrons. The second-order valence-electron chi connectivity index (χ2n) is 7.24. The molecule has 0 saturated heterocycles. The highest BCUT2D eigenvalue weighted by Crippen LogP contribution is 2.29. The number of esters is 1. The van der Waals surface area contributed by atoms with Gasteiger partial charge in [-0.2, -0.15) is 0 Å². The molecule has 4 aromatic rings. The Bertz CT molecular complexity index is 1230. The molecule has 0 spiro atoms. The zero-order valence-electron chi connectivity index (χ0n) is 17.7. The van der Waals surface area contributed by atoms with Crippen LogP contribution in [-0.4, -0.2) is 18.9 Å². The van der Waals surface area contributed by atoms with E-state index in [0.717, 1.165) is 11.1 Å². The van der Waals surface area contributed by atoms with Gasteiger partial charge in [0.05, 0.1) is 12.7 Å². The maximum atomic E-state index is 13.2. The van der Waals surface area contributed by atoms with Crippen LogP contribution < -0.4 is 4.74 Å². The highest BCUT2D eigenvalue weighted by atomic mass is 16.5. The summed E-state index contributed by atoms with van der Waals surface area (Å²) in [6.07, 6.45) is 0.175. The van der Waals surface area contributed by atoms with Crippen LogP contribution in [0.4, 0.5) is 0 Å². The van der Waals surface area contributed by atoms with Gasteiger partial charge in [0.1, 0.15) is 11.5 Å². The minimum absolute atomic E-state index is 0.0669. The van der Waals surface area contributed by atoms with Crippen molar-refractivity contribution in [1.82, 2.24) is 0 Å². The monoisotopic (exact) mass is 422 g/mol. The van der Waals surface area contributed by atoms with Crippen molar-refractivity contribution in [2.45, 2.75) is 6.42 Å². The van der Waals surface area contributed by atoms with Crippen LogP contribution in [-0.2, 0) is 11.2 Å². The van der Waals surface area contributed by atoms with Gasteiger partial charge in [-0.25, -0.2) is 4.79 Å². The average molecular weight is 422 g/mol. The standard InChI is InChI=1S/C28H22O4/c1-31-28(30)24-17-16-21(18-25(24)20-10-4-2-5-11-20)26(29)19-22-12-8-9-15-27(22)32-23-13-6-3-7-14-23/h2-18H,19H2,1H3. The van der Waals surface area contributed by atoms with Gasteiger partial charge in [0.25, 0.3) is 0 Å². The molecule has 0 N–H and O–H groups in total. The molecule has 4 rings (SSSR count). The first kappa shape index (κ1) is 21.1. The van der Waals surface area contributed by atoms with Crippen LogP contribution >= 0.6 is 0 Å². The van der Waals surface area contributed by atoms with Gasteiger partial charge in [-0.3, -0.25) is 4.79 Å². The summed E-state index contributed by atoms with van der Waals surface area (Å²) in [6.45, 7) is 0. The number of ketones is 1. The van der Waals surface area contributed by atoms with Crippen molar-refractivity contribution in [3.63, 3.8) is 0 Å². The van der Waals surface area contributed by atoms with Crippen LogP contribution in [0.2, 0.25) is 0 Å². The number of hydrogen-bond donors (Lipinski definition) is 0. The van der Waals surface area contributed by atoms with Gasteiger partial charge in [-0.1, -0.05) is 72.8 Å². The number of benzene rings is 4. The van der Waals surface area contributed by atoms with Crippen molar-refractivity contribution >= 4 is 11.8 Å². The summed E-state index contributed by atoms with van der Waals surface area (Å²) in [7, 11) is 1.35. The first-order valence-electron chi connectivity index (χ1n) is 10.3. The molecule has 0 aromatic heterocycles. The third-order valence-corrected chi connectivity index (χ3v) is 5.13. The van der Waals surface area contributed by atoms with Gasteiger partial charge >= 0.3 is 5.97 Å². The Hall–Kier alpha value is -4.18. The summed E-state index contributed by atoms with van der Waals surface area (Å²) in [6, 6.07) is 31.5. The van der Waals surface area contributed by atoms with Crippen LogP contribution in [0.25, 0.3) is 11.1 Å². The maximum absolute atomic E-state index is 13.2. The van der Waals surface area contributed by atoms with Crippen LogP contribution in [0.3, 0.4) is 0 Å². The molecule has 0 unspecified atom stereocenters. The summed E-state index contributed by atoms with van der Waals surface area (Å²) in [5.41, 5.74) is 3.24. The summed E-state index contributed by atoms with van der Waals surface area (Å²) in [5.74, 6) is 0.842. The summed E-state index contributed by atoms with van der Waals surface area (Å²) in [5, 5.41) is 0. The SMILES string of the molecule is COC(=O)c1ccc(C(=O)Cc2ccccc2Oc2ccccc2)cc1-c1ccccc1. The molecule has 0 radical (unpaired) electrons. The molecule has 0 aliphatic carbocycles. The van der Waals surface area contributed by atoms with E-state index in [1.165, 1.54) is 7.11 Å². The zero-order chi connectivity index (χ0) is 22.3. The number of rotatable bonds is 7. The smallest absolute Gasteiger partial charge is 0.338 e. The quantitative estimate of drug-likeness (QED) is 0.257. The summed E-state index contributed by atoms with van der Waals surface area (Å²) in [4.78, 5) is 25.5. The maximum Gasteiger partial charge on any atom is 0.338 e. The molecule has 0 saturated carbocycles. The number of carbonyl (C=O) groups is 2. The Morgan fingerprint density at radius 2 is 1.41 bits per heavy atom. The number of hydrogen-bond acceptors (Lipinski definition) is 4. The Balaban J connectivity index is 1.64. The average Bonchev–Trinajstić information content (AvgIpc) is 2.85. The minimum Gasteiger partial charge on any atom is -0.465 e. The Morgan fingerprint density at radius 1 is 0.750 bits per heavy atom. The molecule has 0 aliphatic heterocycles. The Morgan fingerprint density at radius 3 is 2.12 bits per heavy atom. The third-order valence-electron chi connectivity index (χ3n) is 5.13. The van der Waals surface area contributed by atoms with Gasteiger partial charge in [0.15, 0.2) is 5.78 Å². The normalized spacial score (nSPS) is 10.4. The topological polar surface area (TPSA) is 52.6 Å². The second-order valence-corrected chi connectivity index (χ2v) is 7.24. The fourth-order valence-corrected chi connectivity index (χ4v) is 3.50. The predicted octanol–water partition coefficient (Wildman–Crippen LogP) is 6.36. The zero-order valence-corrected chi connectivity index (χ0v) is 17.7. The van der Waals surface area contributed by atoms with Crippen molar-refractivity contribution in [3.8, 4) is 22.6 Å². The van der Waals surface area contributed by atoms with Crippen LogP contribution in [0.15, 0.2) is 103 Å². The van der Waals surface area contributed by atoms with Crippen molar-refractivity contribution in [2.75, 3.05) is 7.11 Å². The number of para-hydroxylation sites is 2. The molecule has 0 atom stereocenters. The lowest BCUT2D eigenvalue weighted by molar-refractivity contribution is 0.0601. The molecule has 32 heavy (non-hydrogen) atoms. The van der Waals surface area contributed by atoms with Crippen LogP contribution in [0.5, 0.6) is 11.5 Å². The lowest BCUT2D eigenvalue weighted by Crippen LogP contribution is -2.08. The van der Waals surface area contributed by atoms with E-state index in [9.17, 15) is 9.59 Å². The largest absolute Gasteiger partial charge is 0.465 e. The van der Waals surface area contributed by atoms with E-state index in [0.29, 0.717) is 28.2 Å². The fraction of sp³-hybridized carbons (Fsp3) is 0.0714. The second kappa shape index (κ2) is 9.75. The first-order valence-corrected chi connectivity index (χ1v) is 10.3. The molecule has 0 heterocycles. The fourth-order valence-electron chi connectivity index (χ4n) is 3.50. The number of ether oxygens (including phenoxy) is 2. The van der Waals surface area contributed by atoms with E-state index in [2.05, 4.69) is 0 Å². The van der Waals surface area contributed by atoms with Crippen molar-refractivity contribution in [3.05, 3.63) is 120 Å². The Labute approximate surface area is 187 Å². The number of carbonyl (C=O) groups excluding carboxylic acids is 2. The van der Waals surface area contributed by atoms with Crippen LogP contribution in [0, 0.1) is 0 Å². The summed E-state index contributed by atoms with van der Waals surface area (Å²) < 4.78 is 10.9. The third kappa shape index (κ3) is 4.76. The molecule has 0 fully saturated rings.